The molecule has 3 aromatic rings. The van der Waals surface area contributed by atoms with Crippen LogP contribution in [0, 0.1) is 0 Å². The Balaban J connectivity index is 2.09. The third-order valence-electron chi connectivity index (χ3n) is 6.59. The SMILES string of the molecule is CCCCNC(=O)[C@@H](Cc1ccccc1)N(Cc1c(Cl)cccc1Cl)C(=O)CN(c1ccc(OC)c(Cl)c1)S(C)(=O)=O. The van der Waals surface area contributed by atoms with Crippen LogP contribution in [-0.4, -0.2) is 57.6 Å². The van der Waals surface area contributed by atoms with E-state index in [-0.39, 0.29) is 29.6 Å². The van der Waals surface area contributed by atoms with Crippen LogP contribution in [0.1, 0.15) is 30.9 Å². The van der Waals surface area contributed by atoms with Crippen LogP contribution < -0.4 is 14.4 Å². The topological polar surface area (TPSA) is 96.0 Å². The molecule has 0 spiro atoms. The van der Waals surface area contributed by atoms with Gasteiger partial charge in [-0.1, -0.05) is 84.5 Å². The largest absolute Gasteiger partial charge is 0.495 e. The zero-order chi connectivity index (χ0) is 30.9. The summed E-state index contributed by atoms with van der Waals surface area (Å²) in [6, 6.07) is 17.6. The molecule has 3 rings (SSSR count). The highest BCUT2D eigenvalue weighted by Gasteiger charge is 2.33. The molecule has 2 amide bonds. The van der Waals surface area contributed by atoms with Gasteiger partial charge in [0.2, 0.25) is 21.8 Å². The molecule has 0 heterocycles. The van der Waals surface area contributed by atoms with Crippen LogP contribution in [0.4, 0.5) is 5.69 Å². The average Bonchev–Trinajstić information content (AvgIpc) is 2.94. The lowest BCUT2D eigenvalue weighted by Crippen LogP contribution is -2.53. The number of unbranched alkanes of at least 4 members (excludes halogenated alkanes) is 1. The predicted molar refractivity (Wildman–Crippen MR) is 169 cm³/mol. The van der Waals surface area contributed by atoms with Crippen molar-refractivity contribution in [1.29, 1.82) is 0 Å². The molecule has 0 fully saturated rings. The molecule has 0 radical (unpaired) electrons. The van der Waals surface area contributed by atoms with Gasteiger partial charge in [-0.25, -0.2) is 8.42 Å². The lowest BCUT2D eigenvalue weighted by atomic mass is 10.0. The minimum atomic E-state index is -3.96. The Bertz CT molecular complexity index is 1470. The third kappa shape index (κ3) is 9.01. The molecule has 0 aliphatic heterocycles. The first-order chi connectivity index (χ1) is 20.0. The summed E-state index contributed by atoms with van der Waals surface area (Å²) in [5.74, 6) is -0.654. The molecule has 3 aromatic carbocycles. The number of amides is 2. The van der Waals surface area contributed by atoms with Crippen molar-refractivity contribution in [2.24, 2.45) is 0 Å². The number of carbonyl (C=O) groups excluding carboxylic acids is 2. The first-order valence-corrected chi connectivity index (χ1v) is 16.3. The molecule has 0 saturated carbocycles. The van der Waals surface area contributed by atoms with Gasteiger partial charge in [-0.2, -0.15) is 0 Å². The van der Waals surface area contributed by atoms with Gasteiger partial charge in [-0.15, -0.1) is 0 Å². The summed E-state index contributed by atoms with van der Waals surface area (Å²) in [5.41, 5.74) is 1.42. The summed E-state index contributed by atoms with van der Waals surface area (Å²) in [5, 5.41) is 3.73. The van der Waals surface area contributed by atoms with Gasteiger partial charge in [0.15, 0.2) is 0 Å². The maximum absolute atomic E-state index is 14.2. The minimum Gasteiger partial charge on any atom is -0.495 e. The lowest BCUT2D eigenvalue weighted by molar-refractivity contribution is -0.140. The van der Waals surface area contributed by atoms with E-state index in [4.69, 9.17) is 39.5 Å². The normalized spacial score (nSPS) is 12.0. The van der Waals surface area contributed by atoms with Crippen molar-refractivity contribution in [3.63, 3.8) is 0 Å². The molecule has 0 saturated heterocycles. The molecule has 226 valence electrons. The van der Waals surface area contributed by atoms with E-state index < -0.39 is 28.5 Å². The number of methoxy groups -OCH3 is 1. The number of nitrogens with zero attached hydrogens (tertiary/aromatic N) is 2. The van der Waals surface area contributed by atoms with E-state index >= 15 is 0 Å². The number of hydrogen-bond donors (Lipinski definition) is 1. The number of benzene rings is 3. The summed E-state index contributed by atoms with van der Waals surface area (Å²) < 4.78 is 32.0. The average molecular weight is 655 g/mol. The molecular formula is C30H34Cl3N3O5S. The van der Waals surface area contributed by atoms with Crippen molar-refractivity contribution < 1.29 is 22.7 Å². The summed E-state index contributed by atoms with van der Waals surface area (Å²) >= 11 is 19.3. The van der Waals surface area contributed by atoms with E-state index in [9.17, 15) is 18.0 Å². The Morgan fingerprint density at radius 2 is 1.62 bits per heavy atom. The predicted octanol–water partition coefficient (Wildman–Crippen LogP) is 5.98. The van der Waals surface area contributed by atoms with E-state index in [0.717, 1.165) is 29.0 Å². The van der Waals surface area contributed by atoms with Crippen LogP contribution in [0.25, 0.3) is 0 Å². The van der Waals surface area contributed by atoms with Crippen LogP contribution in [0.5, 0.6) is 5.75 Å². The molecule has 1 N–H and O–H groups in total. The fourth-order valence-electron chi connectivity index (χ4n) is 4.34. The lowest BCUT2D eigenvalue weighted by Gasteiger charge is -2.34. The van der Waals surface area contributed by atoms with E-state index in [1.807, 2.05) is 37.3 Å². The van der Waals surface area contributed by atoms with Crippen LogP contribution in [0.15, 0.2) is 66.7 Å². The molecule has 12 heteroatoms. The molecule has 42 heavy (non-hydrogen) atoms. The van der Waals surface area contributed by atoms with Gasteiger partial charge in [0, 0.05) is 35.1 Å². The monoisotopic (exact) mass is 653 g/mol. The smallest absolute Gasteiger partial charge is 0.244 e. The Hall–Kier alpha value is -2.98. The number of ether oxygens (including phenoxy) is 1. The maximum Gasteiger partial charge on any atom is 0.244 e. The maximum atomic E-state index is 14.2. The number of carbonyl (C=O) groups is 2. The molecule has 0 aliphatic carbocycles. The van der Waals surface area contributed by atoms with Crippen molar-refractivity contribution in [3.05, 3.63) is 92.9 Å². The zero-order valence-corrected chi connectivity index (χ0v) is 26.7. The highest BCUT2D eigenvalue weighted by Crippen LogP contribution is 2.31. The van der Waals surface area contributed by atoms with E-state index in [0.29, 0.717) is 27.9 Å². The van der Waals surface area contributed by atoms with Crippen LogP contribution in [0.3, 0.4) is 0 Å². The second-order valence-electron chi connectivity index (χ2n) is 9.66. The van der Waals surface area contributed by atoms with Crippen LogP contribution in [0.2, 0.25) is 15.1 Å². The van der Waals surface area contributed by atoms with E-state index in [2.05, 4.69) is 5.32 Å². The number of nitrogens with one attached hydrogen (secondary N) is 1. The Morgan fingerprint density at radius 1 is 0.952 bits per heavy atom. The number of rotatable bonds is 14. The molecule has 0 bridgehead atoms. The molecule has 8 nitrogen and oxygen atoms in total. The van der Waals surface area contributed by atoms with Gasteiger partial charge >= 0.3 is 0 Å². The van der Waals surface area contributed by atoms with E-state index in [1.54, 1.807) is 18.2 Å². The molecular weight excluding hydrogens is 621 g/mol. The van der Waals surface area contributed by atoms with Crippen molar-refractivity contribution in [2.75, 3.05) is 30.8 Å². The summed E-state index contributed by atoms with van der Waals surface area (Å²) in [7, 11) is -2.52. The Morgan fingerprint density at radius 3 is 2.19 bits per heavy atom. The quantitative estimate of drug-likeness (QED) is 0.216. The molecule has 0 aromatic heterocycles. The van der Waals surface area contributed by atoms with Gasteiger partial charge in [-0.3, -0.25) is 13.9 Å². The van der Waals surface area contributed by atoms with Crippen molar-refractivity contribution >= 4 is 62.3 Å². The van der Waals surface area contributed by atoms with Crippen LogP contribution in [-0.2, 0) is 32.6 Å². The van der Waals surface area contributed by atoms with Crippen molar-refractivity contribution in [2.45, 2.75) is 38.8 Å². The Kier molecular flexibility index (Phi) is 12.4. The Labute approximate surface area is 262 Å². The second-order valence-corrected chi connectivity index (χ2v) is 12.8. The minimum absolute atomic E-state index is 0.128. The number of halogens is 3. The van der Waals surface area contributed by atoms with Gasteiger partial charge in [0.1, 0.15) is 18.3 Å². The highest BCUT2D eigenvalue weighted by molar-refractivity contribution is 7.92. The van der Waals surface area contributed by atoms with Crippen LogP contribution >= 0.6 is 34.8 Å². The number of anilines is 1. The van der Waals surface area contributed by atoms with Gasteiger partial charge in [-0.05, 0) is 42.3 Å². The second kappa shape index (κ2) is 15.5. The first kappa shape index (κ1) is 33.5. The zero-order valence-electron chi connectivity index (χ0n) is 23.6. The first-order valence-electron chi connectivity index (χ1n) is 13.3. The van der Waals surface area contributed by atoms with Gasteiger partial charge in [0.25, 0.3) is 0 Å². The number of sulfonamides is 1. The molecule has 0 unspecified atom stereocenters. The third-order valence-corrected chi connectivity index (χ3v) is 8.74. The summed E-state index contributed by atoms with van der Waals surface area (Å²) in [6.07, 6.45) is 2.80. The fraction of sp³-hybridized carbons (Fsp3) is 0.333. The molecule has 1 atom stereocenters. The summed E-state index contributed by atoms with van der Waals surface area (Å²) in [6.45, 7) is 1.71. The standard InChI is InChI=1S/C30H34Cl3N3O5S/c1-4-5-16-34-30(38)27(17-21-10-7-6-8-11-21)35(19-23-24(31)12-9-13-25(23)32)29(37)20-36(42(3,39)40)22-14-15-28(41-2)26(33)18-22/h6-15,18,27H,4-5,16-17,19-20H2,1-3H3,(H,34,38)/t27-/m1/s1. The van der Waals surface area contributed by atoms with Gasteiger partial charge in [0.05, 0.1) is 24.1 Å². The fourth-order valence-corrected chi connectivity index (χ4v) is 5.95. The van der Waals surface area contributed by atoms with Gasteiger partial charge < -0.3 is 15.0 Å². The van der Waals surface area contributed by atoms with Crippen molar-refractivity contribution in [3.8, 4) is 5.75 Å². The van der Waals surface area contributed by atoms with E-state index in [1.165, 1.54) is 30.2 Å². The molecule has 0 aliphatic rings. The van der Waals surface area contributed by atoms with Crippen molar-refractivity contribution in [1.82, 2.24) is 10.2 Å². The number of hydrogen-bond acceptors (Lipinski definition) is 5. The highest BCUT2D eigenvalue weighted by atomic mass is 35.5. The summed E-state index contributed by atoms with van der Waals surface area (Å²) in [4.78, 5) is 29.2.